The van der Waals surface area contributed by atoms with Gasteiger partial charge in [0.15, 0.2) is 0 Å². The van der Waals surface area contributed by atoms with Gasteiger partial charge < -0.3 is 25.3 Å². The molecule has 0 radical (unpaired) electrons. The van der Waals surface area contributed by atoms with Crippen LogP contribution in [0.3, 0.4) is 0 Å². The molecular formula is C19H19N2O5S-. The number of methoxy groups -OCH3 is 1. The first-order chi connectivity index (χ1) is 13.0. The zero-order valence-corrected chi connectivity index (χ0v) is 15.5. The van der Waals surface area contributed by atoms with Gasteiger partial charge in [0.1, 0.15) is 5.75 Å². The number of hydrogen-bond acceptors (Lipinski definition) is 6. The van der Waals surface area contributed by atoms with E-state index in [9.17, 15) is 19.5 Å². The third-order valence-electron chi connectivity index (χ3n) is 3.49. The van der Waals surface area contributed by atoms with E-state index in [2.05, 4.69) is 10.6 Å². The number of aliphatic carboxylic acids is 1. The Balaban J connectivity index is 1.87. The number of benzene rings is 2. The molecule has 2 rings (SSSR count). The van der Waals surface area contributed by atoms with E-state index in [1.165, 1.54) is 7.11 Å². The third-order valence-corrected chi connectivity index (χ3v) is 4.68. The van der Waals surface area contributed by atoms with Gasteiger partial charge >= 0.3 is 0 Å². The number of anilines is 2. The Kier molecular flexibility index (Phi) is 7.69. The summed E-state index contributed by atoms with van der Waals surface area (Å²) in [5, 5.41) is 15.4. The predicted molar refractivity (Wildman–Crippen MR) is 103 cm³/mol. The molecule has 0 fully saturated rings. The van der Waals surface area contributed by atoms with Gasteiger partial charge in [-0.05, 0) is 24.3 Å². The molecule has 142 valence electrons. The van der Waals surface area contributed by atoms with Crippen LogP contribution in [0.4, 0.5) is 11.4 Å². The van der Waals surface area contributed by atoms with Crippen molar-refractivity contribution in [1.82, 2.24) is 0 Å². The number of rotatable bonds is 9. The molecule has 0 saturated heterocycles. The molecule has 0 spiro atoms. The summed E-state index contributed by atoms with van der Waals surface area (Å²) in [6.45, 7) is 0. The number of carboxylic acid groups (broad SMARTS) is 1. The SMILES string of the molecule is COc1ccccc1NC(=O)CS[C@H](CC(=O)Nc1ccccc1)C(=O)[O-]. The summed E-state index contributed by atoms with van der Waals surface area (Å²) in [4.78, 5) is 35.4. The number of thioether (sulfide) groups is 1. The lowest BCUT2D eigenvalue weighted by Crippen LogP contribution is -2.37. The Hall–Kier alpha value is -3.00. The van der Waals surface area contributed by atoms with Crippen LogP contribution in [0, 0.1) is 0 Å². The standard InChI is InChI=1S/C19H20N2O5S/c1-26-15-10-6-5-9-14(15)21-18(23)12-27-16(19(24)25)11-17(22)20-13-7-3-2-4-8-13/h2-10,16H,11-12H2,1H3,(H,20,22)(H,21,23)(H,24,25)/p-1/t16-/m1/s1. The topological polar surface area (TPSA) is 108 Å². The first-order valence-electron chi connectivity index (χ1n) is 8.10. The summed E-state index contributed by atoms with van der Waals surface area (Å²) in [7, 11) is 1.48. The molecule has 0 unspecified atom stereocenters. The molecule has 2 aromatic carbocycles. The normalized spacial score (nSPS) is 11.3. The molecule has 0 bridgehead atoms. The van der Waals surface area contributed by atoms with Crippen molar-refractivity contribution in [2.75, 3.05) is 23.5 Å². The van der Waals surface area contributed by atoms with Crippen LogP contribution >= 0.6 is 11.8 Å². The average Bonchev–Trinajstić information content (AvgIpc) is 2.66. The summed E-state index contributed by atoms with van der Waals surface area (Å²) < 4.78 is 5.14. The van der Waals surface area contributed by atoms with Gasteiger partial charge in [0.05, 0.1) is 29.8 Å². The first kappa shape index (κ1) is 20.3. The molecule has 8 heteroatoms. The lowest BCUT2D eigenvalue weighted by molar-refractivity contribution is -0.304. The molecule has 2 amide bonds. The molecule has 0 aliphatic heterocycles. The number of carbonyl (C=O) groups excluding carboxylic acids is 3. The first-order valence-corrected chi connectivity index (χ1v) is 9.14. The summed E-state index contributed by atoms with van der Waals surface area (Å²) in [5.41, 5.74) is 1.05. The number of nitrogens with one attached hydrogen (secondary N) is 2. The predicted octanol–water partition coefficient (Wildman–Crippen LogP) is 1.51. The molecule has 2 aromatic rings. The van der Waals surface area contributed by atoms with Crippen molar-refractivity contribution in [3.8, 4) is 5.75 Å². The Morgan fingerprint density at radius 2 is 1.67 bits per heavy atom. The van der Waals surface area contributed by atoms with Gasteiger partial charge in [-0.25, -0.2) is 0 Å². The fourth-order valence-electron chi connectivity index (χ4n) is 2.22. The van der Waals surface area contributed by atoms with Crippen LogP contribution in [0.2, 0.25) is 0 Å². The van der Waals surface area contributed by atoms with Crippen molar-refractivity contribution in [3.05, 3.63) is 54.6 Å². The van der Waals surface area contributed by atoms with Crippen LogP contribution in [0.5, 0.6) is 5.75 Å². The van der Waals surface area contributed by atoms with E-state index in [0.29, 0.717) is 17.1 Å². The fourth-order valence-corrected chi connectivity index (χ4v) is 3.05. The number of ether oxygens (including phenoxy) is 1. The molecule has 2 N–H and O–H groups in total. The minimum absolute atomic E-state index is 0.144. The highest BCUT2D eigenvalue weighted by molar-refractivity contribution is 8.01. The summed E-state index contributed by atoms with van der Waals surface area (Å²) in [6, 6.07) is 15.6. The van der Waals surface area contributed by atoms with Crippen molar-refractivity contribution < 1.29 is 24.2 Å². The van der Waals surface area contributed by atoms with Crippen LogP contribution < -0.4 is 20.5 Å². The molecule has 0 heterocycles. The maximum atomic E-state index is 12.1. The molecule has 0 aliphatic rings. The molecular weight excluding hydrogens is 368 g/mol. The van der Waals surface area contributed by atoms with Crippen LogP contribution in [-0.2, 0) is 14.4 Å². The molecule has 0 saturated carbocycles. The monoisotopic (exact) mass is 387 g/mol. The molecule has 27 heavy (non-hydrogen) atoms. The quantitative estimate of drug-likeness (QED) is 0.675. The molecule has 1 atom stereocenters. The fraction of sp³-hybridized carbons (Fsp3) is 0.211. The molecule has 0 aliphatic carbocycles. The highest BCUT2D eigenvalue weighted by Gasteiger charge is 2.18. The van der Waals surface area contributed by atoms with E-state index < -0.39 is 23.0 Å². The Bertz CT molecular complexity index is 798. The van der Waals surface area contributed by atoms with Gasteiger partial charge in [0.25, 0.3) is 0 Å². The second-order valence-electron chi connectivity index (χ2n) is 5.49. The van der Waals surface area contributed by atoms with Gasteiger partial charge in [0, 0.05) is 12.1 Å². The highest BCUT2D eigenvalue weighted by Crippen LogP contribution is 2.24. The number of carboxylic acids is 1. The van der Waals surface area contributed by atoms with Gasteiger partial charge in [-0.3, -0.25) is 9.59 Å². The second-order valence-corrected chi connectivity index (χ2v) is 6.68. The zero-order valence-electron chi connectivity index (χ0n) is 14.6. The Morgan fingerprint density at radius 3 is 2.33 bits per heavy atom. The molecule has 0 aromatic heterocycles. The van der Waals surface area contributed by atoms with Crippen LogP contribution in [0.15, 0.2) is 54.6 Å². The second kappa shape index (κ2) is 10.2. The Labute approximate surface area is 161 Å². The van der Waals surface area contributed by atoms with Crippen molar-refractivity contribution in [2.45, 2.75) is 11.7 Å². The van der Waals surface area contributed by atoms with Crippen molar-refractivity contribution in [3.63, 3.8) is 0 Å². The summed E-state index contributed by atoms with van der Waals surface area (Å²) in [6.07, 6.45) is -0.302. The highest BCUT2D eigenvalue weighted by atomic mass is 32.2. The van der Waals surface area contributed by atoms with Crippen molar-refractivity contribution in [1.29, 1.82) is 0 Å². The van der Waals surface area contributed by atoms with Gasteiger partial charge in [-0.1, -0.05) is 30.3 Å². The van der Waals surface area contributed by atoms with E-state index in [0.717, 1.165) is 11.8 Å². The van der Waals surface area contributed by atoms with Gasteiger partial charge in [-0.2, -0.15) is 0 Å². The lowest BCUT2D eigenvalue weighted by atomic mass is 10.2. The lowest BCUT2D eigenvalue weighted by Gasteiger charge is -2.17. The largest absolute Gasteiger partial charge is 0.549 e. The number of carbonyl (C=O) groups is 3. The van der Waals surface area contributed by atoms with E-state index in [1.807, 2.05) is 0 Å². The van der Waals surface area contributed by atoms with E-state index in [1.54, 1.807) is 54.6 Å². The van der Waals surface area contributed by atoms with Crippen LogP contribution in [0.25, 0.3) is 0 Å². The van der Waals surface area contributed by atoms with E-state index in [4.69, 9.17) is 4.74 Å². The van der Waals surface area contributed by atoms with Crippen LogP contribution in [-0.4, -0.2) is 35.9 Å². The maximum absolute atomic E-state index is 12.1. The summed E-state index contributed by atoms with van der Waals surface area (Å²) in [5.74, 6) is -1.91. The zero-order chi connectivity index (χ0) is 19.6. The van der Waals surface area contributed by atoms with Crippen LogP contribution in [0.1, 0.15) is 6.42 Å². The minimum atomic E-state index is -1.40. The minimum Gasteiger partial charge on any atom is -0.549 e. The number of amides is 2. The number of para-hydroxylation sites is 3. The van der Waals surface area contributed by atoms with Gasteiger partial charge in [0.2, 0.25) is 11.8 Å². The van der Waals surface area contributed by atoms with Gasteiger partial charge in [-0.15, -0.1) is 11.8 Å². The number of hydrogen-bond donors (Lipinski definition) is 2. The Morgan fingerprint density at radius 1 is 1.00 bits per heavy atom. The summed E-state index contributed by atoms with van der Waals surface area (Å²) >= 11 is 0.834. The van der Waals surface area contributed by atoms with E-state index in [-0.39, 0.29) is 12.2 Å². The molecule has 7 nitrogen and oxygen atoms in total. The van der Waals surface area contributed by atoms with Crippen molar-refractivity contribution in [2.24, 2.45) is 0 Å². The average molecular weight is 387 g/mol. The van der Waals surface area contributed by atoms with E-state index >= 15 is 0 Å². The third kappa shape index (κ3) is 6.67. The smallest absolute Gasteiger partial charge is 0.234 e. The van der Waals surface area contributed by atoms with Crippen molar-refractivity contribution >= 4 is 40.9 Å². The maximum Gasteiger partial charge on any atom is 0.234 e.